The summed E-state index contributed by atoms with van der Waals surface area (Å²) in [5.41, 5.74) is 2.64. The van der Waals surface area contributed by atoms with Crippen molar-refractivity contribution < 1.29 is 29.0 Å². The molecule has 4 heterocycles. The molecule has 2 aromatic carbocycles. The fraction of sp³-hybridized carbons (Fsp3) is 0.303. The number of ether oxygens (including phenoxy) is 2. The van der Waals surface area contributed by atoms with Crippen molar-refractivity contribution in [3.63, 3.8) is 0 Å². The number of benzene rings is 2. The number of methoxy groups -OCH3 is 1. The van der Waals surface area contributed by atoms with Crippen molar-refractivity contribution in [2.24, 2.45) is 0 Å². The summed E-state index contributed by atoms with van der Waals surface area (Å²) in [6.45, 7) is 0.933. The fourth-order valence-electron chi connectivity index (χ4n) is 6.20. The molecule has 1 aliphatic carbocycles. The number of rotatable bonds is 5. The van der Waals surface area contributed by atoms with Gasteiger partial charge in [-0.25, -0.2) is 4.79 Å². The zero-order valence-corrected chi connectivity index (χ0v) is 23.1. The van der Waals surface area contributed by atoms with Crippen molar-refractivity contribution in [3.8, 4) is 22.8 Å². The topological polar surface area (TPSA) is 119 Å². The van der Waals surface area contributed by atoms with E-state index in [9.17, 15) is 19.5 Å². The second kappa shape index (κ2) is 11.4. The van der Waals surface area contributed by atoms with E-state index in [0.29, 0.717) is 65.7 Å². The number of hydrogen-bond acceptors (Lipinski definition) is 7. The van der Waals surface area contributed by atoms with Gasteiger partial charge in [0, 0.05) is 66.1 Å². The van der Waals surface area contributed by atoms with Crippen molar-refractivity contribution in [3.05, 3.63) is 83.3 Å². The van der Waals surface area contributed by atoms with E-state index in [1.54, 1.807) is 31.4 Å². The number of carbonyl (C=O) groups is 3. The van der Waals surface area contributed by atoms with Gasteiger partial charge in [0.1, 0.15) is 17.1 Å². The van der Waals surface area contributed by atoms with E-state index in [0.717, 1.165) is 29.3 Å². The zero-order valence-electron chi connectivity index (χ0n) is 23.1. The third kappa shape index (κ3) is 5.41. The number of fused-ring (bicyclic) bond motifs is 2. The number of carbonyl (C=O) groups excluding carboxylic acids is 2. The number of ketones is 1. The Bertz CT molecular complexity index is 1780. The van der Waals surface area contributed by atoms with Crippen LogP contribution in [0, 0.1) is 0 Å². The minimum atomic E-state index is -1.04. The quantitative estimate of drug-likeness (QED) is 0.329. The van der Waals surface area contributed by atoms with Crippen LogP contribution in [0.25, 0.3) is 22.0 Å². The summed E-state index contributed by atoms with van der Waals surface area (Å²) in [6, 6.07) is 13.9. The summed E-state index contributed by atoms with van der Waals surface area (Å²) >= 11 is 0. The third-order valence-electron chi connectivity index (χ3n) is 8.66. The molecule has 0 unspecified atom stereocenters. The van der Waals surface area contributed by atoms with Crippen LogP contribution in [0.1, 0.15) is 74.8 Å². The van der Waals surface area contributed by atoms with Crippen LogP contribution in [0.15, 0.2) is 60.9 Å². The first-order chi connectivity index (χ1) is 20.3. The first-order valence-electron chi connectivity index (χ1n) is 14.2. The third-order valence-corrected chi connectivity index (χ3v) is 8.66. The minimum absolute atomic E-state index is 0. The molecule has 3 aliphatic rings. The van der Waals surface area contributed by atoms with Crippen LogP contribution >= 0.6 is 0 Å². The maximum absolute atomic E-state index is 13.7. The van der Waals surface area contributed by atoms with Gasteiger partial charge in [0.25, 0.3) is 5.91 Å². The van der Waals surface area contributed by atoms with E-state index in [-0.39, 0.29) is 53.2 Å². The second-order valence-corrected chi connectivity index (χ2v) is 11.4. The van der Waals surface area contributed by atoms with Crippen LogP contribution in [0.4, 0.5) is 0 Å². The molecule has 214 valence electrons. The molecule has 2 fully saturated rings. The molecular weight excluding hydrogens is 557 g/mol. The normalized spacial score (nSPS) is 17.1. The second-order valence-electron chi connectivity index (χ2n) is 11.4. The van der Waals surface area contributed by atoms with E-state index >= 15 is 0 Å². The average molecular weight is 588 g/mol. The van der Waals surface area contributed by atoms with Crippen LogP contribution in [-0.2, 0) is 0 Å². The Balaban J connectivity index is 0.00000329. The number of likely N-dealkylation sites (tertiary alicyclic amines) is 1. The van der Waals surface area contributed by atoms with Gasteiger partial charge < -0.3 is 19.5 Å². The van der Waals surface area contributed by atoms with Gasteiger partial charge in [0.05, 0.1) is 36.0 Å². The molecule has 43 heavy (non-hydrogen) atoms. The SMILES string of the molecule is COc1cc(C(=O)N2CCC3(CC2)CC(=O)c2cc(-c4cc(C(=O)O)ccn4)ccc2O3)cc2c(C3CC3)nccc12.[NaH]. The molecule has 7 rings (SSSR count). The van der Waals surface area contributed by atoms with Crippen LogP contribution < -0.4 is 9.47 Å². The number of Topliss-reactive ketones (excluding diaryl/α,β-unsaturated/α-hetero) is 1. The number of carboxylic acid groups (broad SMARTS) is 1. The van der Waals surface area contributed by atoms with Crippen molar-refractivity contribution in [2.45, 2.75) is 43.6 Å². The van der Waals surface area contributed by atoms with Crippen molar-refractivity contribution >= 4 is 58.0 Å². The fourth-order valence-corrected chi connectivity index (χ4v) is 6.20. The van der Waals surface area contributed by atoms with Crippen LogP contribution in [-0.4, -0.2) is 93.0 Å². The molecular formula is C33H30N3NaO6. The van der Waals surface area contributed by atoms with E-state index in [4.69, 9.17) is 9.47 Å². The standard InChI is InChI=1S/C33H29N3O6.Na.H/c1-41-29-17-22(15-24-23(29)7-11-35-30(24)19-2-3-19)31(38)36-12-8-33(9-13-36)18-27(37)25-14-20(4-5-28(25)42-33)26-16-21(32(39)40)6-10-34-26;;/h4-7,10-11,14-17,19H,2-3,8-9,12-13,18H2,1H3,(H,39,40);;. The monoisotopic (exact) mass is 587 g/mol. The van der Waals surface area contributed by atoms with Gasteiger partial charge in [-0.05, 0) is 61.4 Å². The van der Waals surface area contributed by atoms with E-state index in [1.165, 1.54) is 18.3 Å². The number of amides is 1. The molecule has 9 nitrogen and oxygen atoms in total. The Morgan fingerprint density at radius 1 is 0.977 bits per heavy atom. The van der Waals surface area contributed by atoms with Crippen LogP contribution in [0.5, 0.6) is 11.5 Å². The molecule has 1 N–H and O–H groups in total. The number of pyridine rings is 2. The van der Waals surface area contributed by atoms with Gasteiger partial charge in [-0.3, -0.25) is 19.6 Å². The van der Waals surface area contributed by atoms with Crippen LogP contribution in [0.2, 0.25) is 0 Å². The molecule has 0 radical (unpaired) electrons. The van der Waals surface area contributed by atoms with Gasteiger partial charge in [0.15, 0.2) is 5.78 Å². The summed E-state index contributed by atoms with van der Waals surface area (Å²) in [4.78, 5) is 49.1. The van der Waals surface area contributed by atoms with E-state index < -0.39 is 11.6 Å². The predicted octanol–water partition coefficient (Wildman–Crippen LogP) is 4.87. The molecule has 1 saturated heterocycles. The summed E-state index contributed by atoms with van der Waals surface area (Å²) in [5.74, 6) is 0.456. The molecule has 1 saturated carbocycles. The van der Waals surface area contributed by atoms with Crippen molar-refractivity contribution in [2.75, 3.05) is 20.2 Å². The molecule has 1 spiro atoms. The maximum atomic E-state index is 13.7. The number of aromatic nitrogens is 2. The Hall–Kier alpha value is -3.79. The average Bonchev–Trinajstić information content (AvgIpc) is 3.86. The van der Waals surface area contributed by atoms with Gasteiger partial charge in [0.2, 0.25) is 0 Å². The Morgan fingerprint density at radius 3 is 2.47 bits per heavy atom. The molecule has 10 heteroatoms. The van der Waals surface area contributed by atoms with E-state index in [2.05, 4.69) is 9.97 Å². The summed E-state index contributed by atoms with van der Waals surface area (Å²) in [5, 5.41) is 11.2. The molecule has 0 atom stereocenters. The van der Waals surface area contributed by atoms with Crippen LogP contribution in [0.3, 0.4) is 0 Å². The summed E-state index contributed by atoms with van der Waals surface area (Å²) in [6.07, 6.45) is 6.76. The van der Waals surface area contributed by atoms with Crippen molar-refractivity contribution in [1.82, 2.24) is 14.9 Å². The van der Waals surface area contributed by atoms with Gasteiger partial charge >= 0.3 is 35.5 Å². The van der Waals surface area contributed by atoms with Gasteiger partial charge in [-0.15, -0.1) is 0 Å². The molecule has 2 aliphatic heterocycles. The number of aromatic carboxylic acids is 1. The Kier molecular flexibility index (Phi) is 7.75. The first-order valence-corrected chi connectivity index (χ1v) is 14.2. The number of carboxylic acids is 1. The Morgan fingerprint density at radius 2 is 1.74 bits per heavy atom. The van der Waals surface area contributed by atoms with Gasteiger partial charge in [-0.2, -0.15) is 0 Å². The first kappa shape index (κ1) is 29.3. The molecule has 0 bridgehead atoms. The van der Waals surface area contributed by atoms with Crippen molar-refractivity contribution in [1.29, 1.82) is 0 Å². The molecule has 1 amide bonds. The molecule has 4 aromatic rings. The number of piperidine rings is 1. The van der Waals surface area contributed by atoms with E-state index in [1.807, 2.05) is 23.2 Å². The molecule has 2 aromatic heterocycles. The number of hydrogen-bond donors (Lipinski definition) is 1. The van der Waals surface area contributed by atoms with Gasteiger partial charge in [-0.1, -0.05) is 0 Å². The zero-order chi connectivity index (χ0) is 29.0. The Labute approximate surface area is 270 Å². The predicted molar refractivity (Wildman–Crippen MR) is 161 cm³/mol. The summed E-state index contributed by atoms with van der Waals surface area (Å²) < 4.78 is 12.1. The summed E-state index contributed by atoms with van der Waals surface area (Å²) in [7, 11) is 1.62. The number of nitrogens with zero attached hydrogens (tertiary/aromatic N) is 3.